The zero-order chi connectivity index (χ0) is 18.6. The van der Waals surface area contributed by atoms with Gasteiger partial charge < -0.3 is 10.1 Å². The summed E-state index contributed by atoms with van der Waals surface area (Å²) < 4.78 is 28.8. The predicted octanol–water partition coefficient (Wildman–Crippen LogP) is 2.97. The number of sulfone groups is 1. The smallest absolute Gasteiger partial charge is 0.310 e. The minimum Gasteiger partial charge on any atom is -0.496 e. The number of methoxy groups -OCH3 is 1. The molecule has 134 valence electrons. The summed E-state index contributed by atoms with van der Waals surface area (Å²) >= 11 is 0. The lowest BCUT2D eigenvalue weighted by Gasteiger charge is -2.11. The molecule has 0 saturated carbocycles. The standard InChI is InChI=1S/C17H20N2O5S/c1-12-7-8-13(11-15(12)24-2)9-10-18-14-5-4-6-16(25(3,22)23)17(14)19(20)21/h4-8,11,18H,9-10H2,1-3H3. The van der Waals surface area contributed by atoms with Crippen molar-refractivity contribution in [3.8, 4) is 5.75 Å². The van der Waals surface area contributed by atoms with Crippen LogP contribution in [0.15, 0.2) is 41.3 Å². The van der Waals surface area contributed by atoms with Gasteiger partial charge in [-0.2, -0.15) is 0 Å². The van der Waals surface area contributed by atoms with E-state index in [4.69, 9.17) is 4.74 Å². The van der Waals surface area contributed by atoms with Crippen LogP contribution in [-0.4, -0.2) is 33.3 Å². The van der Waals surface area contributed by atoms with Crippen molar-refractivity contribution in [3.05, 3.63) is 57.6 Å². The number of hydrogen-bond donors (Lipinski definition) is 1. The second kappa shape index (κ2) is 7.52. The third-order valence-electron chi connectivity index (χ3n) is 3.78. The molecule has 0 bridgehead atoms. The summed E-state index contributed by atoms with van der Waals surface area (Å²) in [5.74, 6) is 0.780. The SMILES string of the molecule is COc1cc(CCNc2cccc(S(C)(=O)=O)c2[N+](=O)[O-])ccc1C. The first-order chi connectivity index (χ1) is 11.7. The number of anilines is 1. The molecule has 25 heavy (non-hydrogen) atoms. The number of aryl methyl sites for hydroxylation is 1. The molecular formula is C17H20N2O5S. The Morgan fingerprint density at radius 1 is 1.24 bits per heavy atom. The minimum absolute atomic E-state index is 0.187. The monoisotopic (exact) mass is 364 g/mol. The average Bonchev–Trinajstić information content (AvgIpc) is 2.55. The van der Waals surface area contributed by atoms with E-state index in [9.17, 15) is 18.5 Å². The maximum Gasteiger partial charge on any atom is 0.310 e. The molecule has 0 unspecified atom stereocenters. The largest absolute Gasteiger partial charge is 0.496 e. The highest BCUT2D eigenvalue weighted by atomic mass is 32.2. The van der Waals surface area contributed by atoms with Gasteiger partial charge in [-0.15, -0.1) is 0 Å². The molecule has 0 fully saturated rings. The van der Waals surface area contributed by atoms with Crippen LogP contribution in [0, 0.1) is 17.0 Å². The van der Waals surface area contributed by atoms with Gasteiger partial charge in [-0.25, -0.2) is 8.42 Å². The van der Waals surface area contributed by atoms with Crippen LogP contribution in [0.25, 0.3) is 0 Å². The first-order valence-corrected chi connectivity index (χ1v) is 9.48. The second-order valence-electron chi connectivity index (χ2n) is 5.66. The molecule has 7 nitrogen and oxygen atoms in total. The van der Waals surface area contributed by atoms with E-state index < -0.39 is 20.4 Å². The van der Waals surface area contributed by atoms with Crippen LogP contribution in [0.2, 0.25) is 0 Å². The van der Waals surface area contributed by atoms with E-state index in [1.165, 1.54) is 18.2 Å². The normalized spacial score (nSPS) is 11.2. The van der Waals surface area contributed by atoms with E-state index in [-0.39, 0.29) is 10.6 Å². The third-order valence-corrected chi connectivity index (χ3v) is 4.91. The molecule has 2 aromatic carbocycles. The molecule has 0 aromatic heterocycles. The van der Waals surface area contributed by atoms with Gasteiger partial charge in [0.2, 0.25) is 0 Å². The molecular weight excluding hydrogens is 344 g/mol. The fourth-order valence-corrected chi connectivity index (χ4v) is 3.38. The number of nitrogens with one attached hydrogen (secondary N) is 1. The summed E-state index contributed by atoms with van der Waals surface area (Å²) in [6.07, 6.45) is 1.56. The molecule has 0 aliphatic heterocycles. The average molecular weight is 364 g/mol. The number of ether oxygens (including phenoxy) is 1. The van der Waals surface area contributed by atoms with E-state index in [0.717, 1.165) is 23.1 Å². The molecule has 0 aliphatic rings. The van der Waals surface area contributed by atoms with Gasteiger partial charge in [0, 0.05) is 12.8 Å². The van der Waals surface area contributed by atoms with Crippen LogP contribution in [0.4, 0.5) is 11.4 Å². The fraction of sp³-hybridized carbons (Fsp3) is 0.294. The van der Waals surface area contributed by atoms with Gasteiger partial charge in [0.15, 0.2) is 9.84 Å². The van der Waals surface area contributed by atoms with Gasteiger partial charge in [-0.3, -0.25) is 10.1 Å². The van der Waals surface area contributed by atoms with Crippen LogP contribution in [0.1, 0.15) is 11.1 Å². The molecule has 0 radical (unpaired) electrons. The summed E-state index contributed by atoms with van der Waals surface area (Å²) in [4.78, 5) is 10.4. The number of rotatable bonds is 7. The number of nitro groups is 1. The highest BCUT2D eigenvalue weighted by Crippen LogP contribution is 2.32. The molecule has 0 atom stereocenters. The summed E-state index contributed by atoms with van der Waals surface area (Å²) in [5.41, 5.74) is 1.80. The fourth-order valence-electron chi connectivity index (χ4n) is 2.51. The van der Waals surface area contributed by atoms with Crippen LogP contribution in [0.5, 0.6) is 5.75 Å². The van der Waals surface area contributed by atoms with Gasteiger partial charge in [-0.05, 0) is 42.7 Å². The molecule has 8 heteroatoms. The van der Waals surface area contributed by atoms with Gasteiger partial charge >= 0.3 is 5.69 Å². The highest BCUT2D eigenvalue weighted by Gasteiger charge is 2.25. The van der Waals surface area contributed by atoms with Crippen molar-refractivity contribution in [1.29, 1.82) is 0 Å². The lowest BCUT2D eigenvalue weighted by atomic mass is 10.1. The number of nitro benzene ring substituents is 1. The van der Waals surface area contributed by atoms with Crippen molar-refractivity contribution in [3.63, 3.8) is 0 Å². The zero-order valence-corrected chi connectivity index (χ0v) is 15.1. The van der Waals surface area contributed by atoms with E-state index in [1.54, 1.807) is 7.11 Å². The summed E-state index contributed by atoms with van der Waals surface area (Å²) in [5, 5.41) is 14.3. The van der Waals surface area contributed by atoms with E-state index in [1.807, 2.05) is 25.1 Å². The molecule has 2 aromatic rings. The molecule has 0 amide bonds. The van der Waals surface area contributed by atoms with E-state index >= 15 is 0 Å². The maximum atomic E-state index is 11.8. The second-order valence-corrected chi connectivity index (χ2v) is 7.65. The Morgan fingerprint density at radius 3 is 2.56 bits per heavy atom. The van der Waals surface area contributed by atoms with E-state index in [2.05, 4.69) is 5.32 Å². The van der Waals surface area contributed by atoms with Crippen molar-refractivity contribution in [2.45, 2.75) is 18.2 Å². The Kier molecular flexibility index (Phi) is 5.63. The Balaban J connectivity index is 2.20. The Hall–Kier alpha value is -2.61. The molecule has 0 spiro atoms. The van der Waals surface area contributed by atoms with Gasteiger partial charge in [0.25, 0.3) is 0 Å². The van der Waals surface area contributed by atoms with Gasteiger partial charge in [-0.1, -0.05) is 18.2 Å². The predicted molar refractivity (Wildman–Crippen MR) is 96.1 cm³/mol. The van der Waals surface area contributed by atoms with Crippen LogP contribution >= 0.6 is 0 Å². The Morgan fingerprint density at radius 2 is 1.96 bits per heavy atom. The van der Waals surface area contributed by atoms with Crippen molar-refractivity contribution in [1.82, 2.24) is 0 Å². The molecule has 0 saturated heterocycles. The summed E-state index contributed by atoms with van der Waals surface area (Å²) in [6, 6.07) is 10.0. The first-order valence-electron chi connectivity index (χ1n) is 7.59. The molecule has 2 rings (SSSR count). The number of para-hydroxylation sites is 1. The van der Waals surface area contributed by atoms with Crippen molar-refractivity contribution in [2.24, 2.45) is 0 Å². The van der Waals surface area contributed by atoms with Crippen molar-refractivity contribution in [2.75, 3.05) is 25.2 Å². The molecule has 1 N–H and O–H groups in total. The van der Waals surface area contributed by atoms with Crippen molar-refractivity contribution < 1.29 is 18.1 Å². The Labute approximate surface area is 146 Å². The topological polar surface area (TPSA) is 98.5 Å². The van der Waals surface area contributed by atoms with Gasteiger partial charge in [0.05, 0.1) is 12.0 Å². The third kappa shape index (κ3) is 4.48. The summed E-state index contributed by atoms with van der Waals surface area (Å²) in [7, 11) is -2.09. The Bertz CT molecular complexity index is 894. The van der Waals surface area contributed by atoms with Crippen LogP contribution in [-0.2, 0) is 16.3 Å². The van der Waals surface area contributed by atoms with Gasteiger partial charge in [0.1, 0.15) is 16.3 Å². The number of nitrogens with zero attached hydrogens (tertiary/aromatic N) is 1. The maximum absolute atomic E-state index is 11.8. The number of benzene rings is 2. The lowest BCUT2D eigenvalue weighted by molar-refractivity contribution is -0.386. The van der Waals surface area contributed by atoms with Crippen molar-refractivity contribution >= 4 is 21.2 Å². The molecule has 0 aliphatic carbocycles. The quantitative estimate of drug-likeness (QED) is 0.599. The number of hydrogen-bond acceptors (Lipinski definition) is 6. The first kappa shape index (κ1) is 18.7. The van der Waals surface area contributed by atoms with Crippen LogP contribution < -0.4 is 10.1 Å². The van der Waals surface area contributed by atoms with E-state index in [0.29, 0.717) is 13.0 Å². The summed E-state index contributed by atoms with van der Waals surface area (Å²) in [6.45, 7) is 2.36. The molecule has 0 heterocycles. The highest BCUT2D eigenvalue weighted by molar-refractivity contribution is 7.90. The minimum atomic E-state index is -3.69. The zero-order valence-electron chi connectivity index (χ0n) is 14.3. The van der Waals surface area contributed by atoms with Crippen LogP contribution in [0.3, 0.4) is 0 Å². The lowest BCUT2D eigenvalue weighted by Crippen LogP contribution is -2.10.